The molecule has 2 aliphatic rings. The maximum absolute atomic E-state index is 13.6. The third-order valence-electron chi connectivity index (χ3n) is 7.99. The van der Waals surface area contributed by atoms with Gasteiger partial charge >= 0.3 is 0 Å². The van der Waals surface area contributed by atoms with Crippen LogP contribution >= 0.6 is 11.6 Å². The van der Waals surface area contributed by atoms with Crippen LogP contribution < -0.4 is 21.5 Å². The number of hydrogen-bond acceptors (Lipinski definition) is 6. The molecule has 40 heavy (non-hydrogen) atoms. The predicted molar refractivity (Wildman–Crippen MR) is 155 cm³/mol. The lowest BCUT2D eigenvalue weighted by atomic mass is 10.0. The highest BCUT2D eigenvalue weighted by molar-refractivity contribution is 6.30. The molecule has 2 heterocycles. The first-order valence-corrected chi connectivity index (χ1v) is 13.8. The van der Waals surface area contributed by atoms with Gasteiger partial charge in [-0.25, -0.2) is 4.98 Å². The van der Waals surface area contributed by atoms with Crippen molar-refractivity contribution < 1.29 is 9.59 Å². The van der Waals surface area contributed by atoms with Gasteiger partial charge in [0.15, 0.2) is 0 Å². The molecule has 0 bridgehead atoms. The van der Waals surface area contributed by atoms with Crippen LogP contribution in [0.1, 0.15) is 50.1 Å². The lowest BCUT2D eigenvalue weighted by Crippen LogP contribution is -2.41. The number of anilines is 4. The number of carbonyl (C=O) groups is 2. The number of nitrogens with two attached hydrogens (primary N) is 1. The van der Waals surface area contributed by atoms with Gasteiger partial charge in [-0.3, -0.25) is 23.9 Å². The van der Waals surface area contributed by atoms with Crippen molar-refractivity contribution in [2.75, 3.05) is 10.2 Å². The summed E-state index contributed by atoms with van der Waals surface area (Å²) in [4.78, 5) is 49.4. The molecule has 4 aromatic rings. The van der Waals surface area contributed by atoms with Gasteiger partial charge in [0.1, 0.15) is 11.1 Å². The summed E-state index contributed by atoms with van der Waals surface area (Å²) >= 11 is 6.08. The number of fused-ring (bicyclic) bond motifs is 1. The van der Waals surface area contributed by atoms with E-state index in [1.165, 1.54) is 4.90 Å². The predicted octanol–water partition coefficient (Wildman–Crippen LogP) is 5.54. The molecule has 2 fully saturated rings. The summed E-state index contributed by atoms with van der Waals surface area (Å²) in [5.41, 5.74) is 7.73. The molecule has 204 valence electrons. The molecule has 2 aromatic carbocycles. The number of primary amides is 1. The fourth-order valence-electron chi connectivity index (χ4n) is 5.55. The minimum absolute atomic E-state index is 0.0396. The Morgan fingerprint density at radius 3 is 2.27 bits per heavy atom. The largest absolute Gasteiger partial charge is 0.369 e. The Morgan fingerprint density at radius 1 is 1.05 bits per heavy atom. The minimum atomic E-state index is -1.19. The maximum atomic E-state index is 13.6. The van der Waals surface area contributed by atoms with Crippen LogP contribution in [0, 0.1) is 12.3 Å². The molecule has 9 nitrogen and oxygen atoms in total. The zero-order valence-corrected chi connectivity index (χ0v) is 22.8. The SMILES string of the molecule is Cc1cc(=O)n(C2CCCC2)c2nc(Nc3ccc(N(C(=O)C4(C(N)=O)CC4)c4ccc(Cl)cc4)cc3)ncc12. The van der Waals surface area contributed by atoms with E-state index in [2.05, 4.69) is 10.3 Å². The number of hydrogen-bond donors (Lipinski definition) is 2. The normalized spacial score (nSPS) is 16.1. The van der Waals surface area contributed by atoms with E-state index in [-0.39, 0.29) is 17.5 Å². The quantitative estimate of drug-likeness (QED) is 0.288. The zero-order chi connectivity index (χ0) is 28.0. The molecule has 0 saturated heterocycles. The van der Waals surface area contributed by atoms with E-state index in [1.807, 2.05) is 23.6 Å². The van der Waals surface area contributed by atoms with E-state index in [4.69, 9.17) is 22.3 Å². The van der Waals surface area contributed by atoms with E-state index in [9.17, 15) is 14.4 Å². The lowest BCUT2D eigenvalue weighted by Gasteiger charge is -2.26. The molecule has 3 N–H and O–H groups in total. The number of amides is 2. The van der Waals surface area contributed by atoms with Crippen molar-refractivity contribution in [3.05, 3.63) is 81.7 Å². The Balaban J connectivity index is 1.32. The number of benzene rings is 2. The van der Waals surface area contributed by atoms with Crippen LogP contribution in [0.3, 0.4) is 0 Å². The highest BCUT2D eigenvalue weighted by Crippen LogP contribution is 2.49. The van der Waals surface area contributed by atoms with Gasteiger partial charge in [-0.15, -0.1) is 0 Å². The van der Waals surface area contributed by atoms with Crippen LogP contribution in [0.4, 0.5) is 23.0 Å². The Hall–Kier alpha value is -4.24. The van der Waals surface area contributed by atoms with Crippen LogP contribution in [0.5, 0.6) is 0 Å². The third-order valence-corrected chi connectivity index (χ3v) is 8.24. The fraction of sp³-hybridized carbons (Fsp3) is 0.300. The second kappa shape index (κ2) is 10.1. The summed E-state index contributed by atoms with van der Waals surface area (Å²) in [6.07, 6.45) is 6.74. The average molecular weight is 557 g/mol. The standard InChI is InChI=1S/C30H29ClN6O3/c1-18-16-25(38)37(21-4-2-3-5-21)26-24(18)17-33-29(35-26)34-20-8-12-23(13-9-20)36(22-10-6-19(31)7-11-22)28(40)30(14-15-30)27(32)39/h6-13,16-17,21H,2-5,14-15H2,1H3,(H2,32,39)(H,33,34,35). The Bertz CT molecular complexity index is 1670. The van der Waals surface area contributed by atoms with Crippen LogP contribution in [0.2, 0.25) is 5.02 Å². The van der Waals surface area contributed by atoms with E-state index >= 15 is 0 Å². The number of aromatic nitrogens is 3. The first-order chi connectivity index (χ1) is 19.3. The molecule has 0 atom stereocenters. The van der Waals surface area contributed by atoms with Gasteiger partial charge in [-0.2, -0.15) is 4.98 Å². The van der Waals surface area contributed by atoms with E-state index in [0.29, 0.717) is 46.5 Å². The minimum Gasteiger partial charge on any atom is -0.369 e. The van der Waals surface area contributed by atoms with E-state index in [1.54, 1.807) is 48.7 Å². The van der Waals surface area contributed by atoms with Crippen molar-refractivity contribution in [1.82, 2.24) is 14.5 Å². The first-order valence-electron chi connectivity index (χ1n) is 13.4. The molecule has 2 saturated carbocycles. The zero-order valence-electron chi connectivity index (χ0n) is 22.1. The summed E-state index contributed by atoms with van der Waals surface area (Å²) in [6.45, 7) is 1.90. The molecule has 0 radical (unpaired) electrons. The molecular formula is C30H29ClN6O3. The Labute approximate surface area is 236 Å². The summed E-state index contributed by atoms with van der Waals surface area (Å²) in [5.74, 6) is -0.607. The second-order valence-corrected chi connectivity index (χ2v) is 11.1. The van der Waals surface area contributed by atoms with Crippen molar-refractivity contribution in [1.29, 1.82) is 0 Å². The molecule has 10 heteroatoms. The van der Waals surface area contributed by atoms with Crippen LogP contribution in [0.25, 0.3) is 11.0 Å². The number of halogens is 1. The number of rotatable bonds is 7. The third kappa shape index (κ3) is 4.60. The number of nitrogens with one attached hydrogen (secondary N) is 1. The summed E-state index contributed by atoms with van der Waals surface area (Å²) in [6, 6.07) is 15.8. The van der Waals surface area contributed by atoms with Crippen molar-refractivity contribution in [2.24, 2.45) is 11.1 Å². The van der Waals surface area contributed by atoms with Crippen molar-refractivity contribution in [2.45, 2.75) is 51.5 Å². The van der Waals surface area contributed by atoms with Crippen LogP contribution in [-0.2, 0) is 9.59 Å². The average Bonchev–Trinajstić information content (AvgIpc) is 3.59. The molecule has 2 amide bonds. The molecule has 0 aliphatic heterocycles. The maximum Gasteiger partial charge on any atom is 0.252 e. The summed E-state index contributed by atoms with van der Waals surface area (Å²) in [5, 5.41) is 4.62. The van der Waals surface area contributed by atoms with E-state index in [0.717, 1.165) is 36.6 Å². The second-order valence-electron chi connectivity index (χ2n) is 10.6. The summed E-state index contributed by atoms with van der Waals surface area (Å²) in [7, 11) is 0. The smallest absolute Gasteiger partial charge is 0.252 e. The Kier molecular flexibility index (Phi) is 6.54. The number of pyridine rings is 1. The molecular weight excluding hydrogens is 528 g/mol. The molecule has 0 spiro atoms. The lowest BCUT2D eigenvalue weighted by molar-refractivity contribution is -0.133. The van der Waals surface area contributed by atoms with Gasteiger partial charge in [0, 0.05) is 45.8 Å². The van der Waals surface area contributed by atoms with Crippen molar-refractivity contribution in [3.8, 4) is 0 Å². The fourth-order valence-corrected chi connectivity index (χ4v) is 5.67. The number of aryl methyl sites for hydroxylation is 1. The van der Waals surface area contributed by atoms with Crippen molar-refractivity contribution in [3.63, 3.8) is 0 Å². The number of nitrogens with zero attached hydrogens (tertiary/aromatic N) is 4. The summed E-state index contributed by atoms with van der Waals surface area (Å²) < 4.78 is 1.81. The van der Waals surface area contributed by atoms with Gasteiger partial charge in [0.05, 0.1) is 0 Å². The molecule has 2 aliphatic carbocycles. The monoisotopic (exact) mass is 556 g/mol. The molecule has 0 unspecified atom stereocenters. The van der Waals surface area contributed by atoms with Gasteiger partial charge < -0.3 is 11.1 Å². The van der Waals surface area contributed by atoms with Gasteiger partial charge in [0.25, 0.3) is 5.56 Å². The Morgan fingerprint density at radius 2 is 1.68 bits per heavy atom. The molecule has 2 aromatic heterocycles. The van der Waals surface area contributed by atoms with Crippen LogP contribution in [-0.4, -0.2) is 26.3 Å². The van der Waals surface area contributed by atoms with Crippen LogP contribution in [0.15, 0.2) is 65.6 Å². The van der Waals surface area contributed by atoms with Gasteiger partial charge in [-0.1, -0.05) is 24.4 Å². The van der Waals surface area contributed by atoms with Crippen molar-refractivity contribution >= 4 is 57.5 Å². The van der Waals surface area contributed by atoms with E-state index < -0.39 is 11.3 Å². The highest BCUT2D eigenvalue weighted by Gasteiger charge is 2.57. The van der Waals surface area contributed by atoms with Gasteiger partial charge in [-0.05, 0) is 86.7 Å². The topological polar surface area (TPSA) is 123 Å². The number of carbonyl (C=O) groups excluding carboxylic acids is 2. The molecule has 6 rings (SSSR count). The highest BCUT2D eigenvalue weighted by atomic mass is 35.5. The first kappa shape index (κ1) is 26.0. The van der Waals surface area contributed by atoms with Gasteiger partial charge in [0.2, 0.25) is 17.8 Å².